The van der Waals surface area contributed by atoms with Gasteiger partial charge in [0.05, 0.1) is 13.2 Å². The topological polar surface area (TPSA) is 59.1 Å². The van der Waals surface area contributed by atoms with Crippen LogP contribution in [0.5, 0.6) is 5.75 Å². The lowest BCUT2D eigenvalue weighted by Gasteiger charge is -2.35. The summed E-state index contributed by atoms with van der Waals surface area (Å²) in [5, 5.41) is 0. The van der Waals surface area contributed by atoms with Crippen molar-refractivity contribution in [1.29, 1.82) is 0 Å². The summed E-state index contributed by atoms with van der Waals surface area (Å²) in [4.78, 5) is 28.9. The SMILES string of the molecule is CC(C)(C)c1ccccc1OCC(=O)N1CCC(C(=O)N2CCOCC2)CC1. The van der Waals surface area contributed by atoms with E-state index >= 15 is 0 Å². The van der Waals surface area contributed by atoms with Gasteiger partial charge in [0, 0.05) is 32.1 Å². The average Bonchev–Trinajstić information content (AvgIpc) is 2.72. The summed E-state index contributed by atoms with van der Waals surface area (Å²) in [6.45, 7) is 10.3. The summed E-state index contributed by atoms with van der Waals surface area (Å²) >= 11 is 0. The van der Waals surface area contributed by atoms with Gasteiger partial charge in [-0.3, -0.25) is 9.59 Å². The van der Waals surface area contributed by atoms with E-state index in [1.165, 1.54) is 0 Å². The zero-order valence-corrected chi connectivity index (χ0v) is 17.3. The quantitative estimate of drug-likeness (QED) is 0.795. The van der Waals surface area contributed by atoms with Crippen molar-refractivity contribution in [1.82, 2.24) is 9.80 Å². The zero-order chi connectivity index (χ0) is 20.1. The number of piperidine rings is 1. The molecule has 154 valence electrons. The van der Waals surface area contributed by atoms with E-state index in [0.717, 1.165) is 24.2 Å². The Morgan fingerprint density at radius 1 is 1.04 bits per heavy atom. The summed E-state index contributed by atoms with van der Waals surface area (Å²) in [5.41, 5.74) is 1.05. The number of morpholine rings is 1. The van der Waals surface area contributed by atoms with Crippen LogP contribution in [-0.2, 0) is 19.7 Å². The Morgan fingerprint density at radius 3 is 2.32 bits per heavy atom. The van der Waals surface area contributed by atoms with E-state index in [9.17, 15) is 9.59 Å². The van der Waals surface area contributed by atoms with Crippen molar-refractivity contribution in [3.63, 3.8) is 0 Å². The highest BCUT2D eigenvalue weighted by atomic mass is 16.5. The molecule has 0 bridgehead atoms. The summed E-state index contributed by atoms with van der Waals surface area (Å²) in [6, 6.07) is 7.88. The standard InChI is InChI=1S/C22H32N2O4/c1-22(2,3)18-6-4-5-7-19(18)28-16-20(25)23-10-8-17(9-11-23)21(26)24-12-14-27-15-13-24/h4-7,17H,8-16H2,1-3H3. The average molecular weight is 389 g/mol. The van der Waals surface area contributed by atoms with Crippen molar-refractivity contribution in [2.24, 2.45) is 5.92 Å². The number of hydrogen-bond donors (Lipinski definition) is 0. The number of para-hydroxylation sites is 1. The Labute approximate surface area is 167 Å². The van der Waals surface area contributed by atoms with Crippen LogP contribution < -0.4 is 4.74 Å². The van der Waals surface area contributed by atoms with Crippen LogP contribution in [0.1, 0.15) is 39.2 Å². The highest BCUT2D eigenvalue weighted by Crippen LogP contribution is 2.31. The van der Waals surface area contributed by atoms with Crippen LogP contribution in [0.25, 0.3) is 0 Å². The first kappa shape index (κ1) is 20.6. The lowest BCUT2D eigenvalue weighted by atomic mass is 9.86. The molecular weight excluding hydrogens is 356 g/mol. The van der Waals surface area contributed by atoms with Gasteiger partial charge in [0.15, 0.2) is 6.61 Å². The van der Waals surface area contributed by atoms with Gasteiger partial charge in [-0.25, -0.2) is 0 Å². The number of nitrogens with zero attached hydrogens (tertiary/aromatic N) is 2. The monoisotopic (exact) mass is 388 g/mol. The summed E-state index contributed by atoms with van der Waals surface area (Å²) in [6.07, 6.45) is 1.45. The van der Waals surface area contributed by atoms with Gasteiger partial charge in [-0.05, 0) is 29.9 Å². The van der Waals surface area contributed by atoms with Crippen LogP contribution in [-0.4, -0.2) is 67.6 Å². The molecule has 2 amide bonds. The van der Waals surface area contributed by atoms with E-state index in [1.54, 1.807) is 0 Å². The Morgan fingerprint density at radius 2 is 1.68 bits per heavy atom. The third kappa shape index (κ3) is 5.04. The summed E-state index contributed by atoms with van der Waals surface area (Å²) < 4.78 is 11.2. The normalized spacial score (nSPS) is 18.8. The highest BCUT2D eigenvalue weighted by molar-refractivity contribution is 5.80. The molecule has 2 aliphatic heterocycles. The second kappa shape index (κ2) is 8.95. The number of benzene rings is 1. The van der Waals surface area contributed by atoms with Crippen molar-refractivity contribution in [3.05, 3.63) is 29.8 Å². The maximum absolute atomic E-state index is 12.6. The number of carbonyl (C=O) groups excluding carboxylic acids is 2. The van der Waals surface area contributed by atoms with Crippen molar-refractivity contribution in [2.75, 3.05) is 46.0 Å². The fourth-order valence-corrected chi connectivity index (χ4v) is 3.86. The van der Waals surface area contributed by atoms with Crippen molar-refractivity contribution >= 4 is 11.8 Å². The number of ether oxygens (including phenoxy) is 2. The minimum atomic E-state index is -0.0438. The molecule has 28 heavy (non-hydrogen) atoms. The first-order valence-corrected chi connectivity index (χ1v) is 10.2. The first-order chi connectivity index (χ1) is 13.4. The third-order valence-corrected chi connectivity index (χ3v) is 5.57. The van der Waals surface area contributed by atoms with Crippen LogP contribution in [0.4, 0.5) is 0 Å². The van der Waals surface area contributed by atoms with E-state index in [-0.39, 0.29) is 29.8 Å². The van der Waals surface area contributed by atoms with Gasteiger partial charge in [0.25, 0.3) is 5.91 Å². The zero-order valence-electron chi connectivity index (χ0n) is 17.3. The second-order valence-electron chi connectivity index (χ2n) is 8.63. The molecule has 0 unspecified atom stereocenters. The van der Waals surface area contributed by atoms with Crippen LogP contribution >= 0.6 is 0 Å². The maximum Gasteiger partial charge on any atom is 0.260 e. The molecule has 0 aliphatic carbocycles. The largest absolute Gasteiger partial charge is 0.483 e. The van der Waals surface area contributed by atoms with Gasteiger partial charge >= 0.3 is 0 Å². The molecule has 2 aliphatic rings. The van der Waals surface area contributed by atoms with Crippen LogP contribution in [0.15, 0.2) is 24.3 Å². The predicted octanol–water partition coefficient (Wildman–Crippen LogP) is 2.46. The van der Waals surface area contributed by atoms with E-state index in [0.29, 0.717) is 39.4 Å². The molecule has 0 N–H and O–H groups in total. The van der Waals surface area contributed by atoms with Crippen LogP contribution in [0.2, 0.25) is 0 Å². The lowest BCUT2D eigenvalue weighted by Crippen LogP contribution is -2.48. The maximum atomic E-state index is 12.6. The van der Waals surface area contributed by atoms with Crippen molar-refractivity contribution in [3.8, 4) is 5.75 Å². The van der Waals surface area contributed by atoms with Gasteiger partial charge in [0.1, 0.15) is 5.75 Å². The molecular formula is C22H32N2O4. The molecule has 1 aromatic rings. The molecule has 2 fully saturated rings. The highest BCUT2D eigenvalue weighted by Gasteiger charge is 2.31. The molecule has 3 rings (SSSR count). The predicted molar refractivity (Wildman–Crippen MR) is 107 cm³/mol. The fraction of sp³-hybridized carbons (Fsp3) is 0.636. The Balaban J connectivity index is 1.49. The molecule has 2 saturated heterocycles. The number of amides is 2. The third-order valence-electron chi connectivity index (χ3n) is 5.57. The van der Waals surface area contributed by atoms with E-state index in [1.807, 2.05) is 34.1 Å². The molecule has 6 heteroatoms. The molecule has 6 nitrogen and oxygen atoms in total. The fourth-order valence-electron chi connectivity index (χ4n) is 3.86. The number of carbonyl (C=O) groups is 2. The Bertz CT molecular complexity index is 684. The Hall–Kier alpha value is -2.08. The molecule has 0 spiro atoms. The first-order valence-electron chi connectivity index (χ1n) is 10.2. The number of hydrogen-bond acceptors (Lipinski definition) is 4. The van der Waals surface area contributed by atoms with Crippen LogP contribution in [0, 0.1) is 5.92 Å². The van der Waals surface area contributed by atoms with Gasteiger partial charge < -0.3 is 19.3 Å². The molecule has 0 saturated carbocycles. The molecule has 0 atom stereocenters. The van der Waals surface area contributed by atoms with Crippen molar-refractivity contribution < 1.29 is 19.1 Å². The van der Waals surface area contributed by atoms with E-state index < -0.39 is 0 Å². The minimum absolute atomic E-state index is 0.0130. The molecule has 0 radical (unpaired) electrons. The second-order valence-corrected chi connectivity index (χ2v) is 8.63. The molecule has 2 heterocycles. The van der Waals surface area contributed by atoms with Crippen molar-refractivity contribution in [2.45, 2.75) is 39.0 Å². The minimum Gasteiger partial charge on any atom is -0.483 e. The van der Waals surface area contributed by atoms with Crippen LogP contribution in [0.3, 0.4) is 0 Å². The van der Waals surface area contributed by atoms with Gasteiger partial charge in [-0.2, -0.15) is 0 Å². The molecule has 1 aromatic carbocycles. The van der Waals surface area contributed by atoms with Gasteiger partial charge in [0.2, 0.25) is 5.91 Å². The number of likely N-dealkylation sites (tertiary alicyclic amines) is 1. The summed E-state index contributed by atoms with van der Waals surface area (Å²) in [5.74, 6) is 0.983. The van der Waals surface area contributed by atoms with Gasteiger partial charge in [-0.15, -0.1) is 0 Å². The number of rotatable bonds is 4. The summed E-state index contributed by atoms with van der Waals surface area (Å²) in [7, 11) is 0. The lowest BCUT2D eigenvalue weighted by molar-refractivity contribution is -0.144. The smallest absolute Gasteiger partial charge is 0.260 e. The van der Waals surface area contributed by atoms with E-state index in [2.05, 4.69) is 20.8 Å². The Kier molecular flexibility index (Phi) is 6.60. The molecule has 0 aromatic heterocycles. The van der Waals surface area contributed by atoms with Gasteiger partial charge in [-0.1, -0.05) is 39.0 Å². The van der Waals surface area contributed by atoms with E-state index in [4.69, 9.17) is 9.47 Å².